The molecular formula is C21H16FN3O3S. The molecule has 1 N–H and O–H groups in total. The average Bonchev–Trinajstić information content (AvgIpc) is 3.08. The highest BCUT2D eigenvalue weighted by molar-refractivity contribution is 7.15. The quantitative estimate of drug-likeness (QED) is 0.540. The minimum atomic E-state index is -0.476. The van der Waals surface area contributed by atoms with Gasteiger partial charge >= 0.3 is 0 Å². The van der Waals surface area contributed by atoms with Crippen LogP contribution in [0.4, 0.5) is 10.1 Å². The highest BCUT2D eigenvalue weighted by atomic mass is 32.1. The van der Waals surface area contributed by atoms with E-state index >= 15 is 0 Å². The Labute approximate surface area is 169 Å². The number of hydrogen-bond acceptors (Lipinski definition) is 5. The van der Waals surface area contributed by atoms with Gasteiger partial charge in [-0.25, -0.2) is 9.37 Å². The van der Waals surface area contributed by atoms with Gasteiger partial charge < -0.3 is 10.1 Å². The molecule has 0 saturated carbocycles. The third-order valence-corrected chi connectivity index (χ3v) is 5.14. The van der Waals surface area contributed by atoms with E-state index in [-0.39, 0.29) is 17.7 Å². The van der Waals surface area contributed by atoms with E-state index in [1.165, 1.54) is 41.7 Å². The summed E-state index contributed by atoms with van der Waals surface area (Å²) in [5.41, 5.74) is 1.95. The molecule has 0 aliphatic carbocycles. The summed E-state index contributed by atoms with van der Waals surface area (Å²) in [7, 11) is 0. The number of halogens is 1. The van der Waals surface area contributed by atoms with E-state index in [1.54, 1.807) is 28.7 Å². The summed E-state index contributed by atoms with van der Waals surface area (Å²) in [6, 6.07) is 13.7. The van der Waals surface area contributed by atoms with Crippen molar-refractivity contribution in [1.29, 1.82) is 0 Å². The zero-order chi connectivity index (χ0) is 20.4. The van der Waals surface area contributed by atoms with Crippen LogP contribution in [0.3, 0.4) is 0 Å². The predicted molar refractivity (Wildman–Crippen MR) is 109 cm³/mol. The second-order valence-electron chi connectivity index (χ2n) is 6.36. The molecule has 1 amide bonds. The maximum Gasteiger partial charge on any atom is 0.259 e. The van der Waals surface area contributed by atoms with Gasteiger partial charge in [0.25, 0.3) is 11.5 Å². The van der Waals surface area contributed by atoms with Gasteiger partial charge in [-0.05, 0) is 37.3 Å². The Morgan fingerprint density at radius 2 is 2.03 bits per heavy atom. The molecule has 8 heteroatoms. The highest BCUT2D eigenvalue weighted by Crippen LogP contribution is 2.20. The number of amides is 1. The third-order valence-electron chi connectivity index (χ3n) is 4.19. The fourth-order valence-electron chi connectivity index (χ4n) is 2.83. The highest BCUT2D eigenvalue weighted by Gasteiger charge is 2.09. The molecule has 0 saturated heterocycles. The van der Waals surface area contributed by atoms with Gasteiger partial charge in [-0.1, -0.05) is 12.1 Å². The van der Waals surface area contributed by atoms with Crippen LogP contribution in [0, 0.1) is 12.7 Å². The van der Waals surface area contributed by atoms with Gasteiger partial charge in [0.1, 0.15) is 18.2 Å². The number of rotatable bonds is 5. The SMILES string of the molecule is Cc1csc2nc(COc3cccc(NC(=O)c4cccc(F)c4)c3)cc(=O)n12. The van der Waals surface area contributed by atoms with E-state index in [2.05, 4.69) is 10.3 Å². The molecule has 146 valence electrons. The maximum absolute atomic E-state index is 13.3. The van der Waals surface area contributed by atoms with E-state index in [9.17, 15) is 14.0 Å². The maximum atomic E-state index is 13.3. The molecule has 4 rings (SSSR count). The number of nitrogens with zero attached hydrogens (tertiary/aromatic N) is 2. The van der Waals surface area contributed by atoms with E-state index in [0.717, 1.165) is 5.69 Å². The predicted octanol–water partition coefficient (Wildman–Crippen LogP) is 4.03. The lowest BCUT2D eigenvalue weighted by molar-refractivity contribution is 0.102. The smallest absolute Gasteiger partial charge is 0.259 e. The first kappa shape index (κ1) is 18.8. The summed E-state index contributed by atoms with van der Waals surface area (Å²) in [5, 5.41) is 4.58. The molecule has 2 aromatic carbocycles. The molecular weight excluding hydrogens is 393 g/mol. The molecule has 0 aliphatic heterocycles. The molecule has 29 heavy (non-hydrogen) atoms. The Kier molecular flexibility index (Phi) is 5.09. The number of nitrogens with one attached hydrogen (secondary N) is 1. The summed E-state index contributed by atoms with van der Waals surface area (Å²) in [4.78, 5) is 29.5. The van der Waals surface area contributed by atoms with Gasteiger partial charge in [-0.3, -0.25) is 14.0 Å². The zero-order valence-corrected chi connectivity index (χ0v) is 16.2. The standard InChI is InChI=1S/C21H16FN3O3S/c1-13-12-29-21-24-17(10-19(26)25(13)21)11-28-18-7-3-6-16(9-18)23-20(27)14-4-2-5-15(22)8-14/h2-10,12H,11H2,1H3,(H,23,27). The summed E-state index contributed by atoms with van der Waals surface area (Å²) in [5.74, 6) is -0.391. The molecule has 0 spiro atoms. The molecule has 2 aromatic heterocycles. The first-order chi connectivity index (χ1) is 14.0. The Balaban J connectivity index is 1.46. The van der Waals surface area contributed by atoms with Crippen molar-refractivity contribution in [2.75, 3.05) is 5.32 Å². The Morgan fingerprint density at radius 3 is 2.86 bits per heavy atom. The fourth-order valence-corrected chi connectivity index (χ4v) is 3.72. The van der Waals surface area contributed by atoms with Gasteiger partial charge in [-0.2, -0.15) is 0 Å². The topological polar surface area (TPSA) is 72.7 Å². The molecule has 0 aliphatic rings. The van der Waals surface area contributed by atoms with Crippen molar-refractivity contribution in [3.05, 3.63) is 93.1 Å². The van der Waals surface area contributed by atoms with E-state index in [4.69, 9.17) is 4.74 Å². The lowest BCUT2D eigenvalue weighted by Gasteiger charge is -2.09. The van der Waals surface area contributed by atoms with Crippen molar-refractivity contribution < 1.29 is 13.9 Å². The summed E-state index contributed by atoms with van der Waals surface area (Å²) in [6.07, 6.45) is 0. The lowest BCUT2D eigenvalue weighted by Crippen LogP contribution is -2.16. The second-order valence-corrected chi connectivity index (χ2v) is 7.20. The first-order valence-electron chi connectivity index (χ1n) is 8.76. The molecule has 0 fully saturated rings. The van der Waals surface area contributed by atoms with Crippen LogP contribution in [0.15, 0.2) is 64.8 Å². The van der Waals surface area contributed by atoms with Crippen molar-refractivity contribution in [2.24, 2.45) is 0 Å². The monoisotopic (exact) mass is 409 g/mol. The van der Waals surface area contributed by atoms with Gasteiger partial charge in [0.05, 0.1) is 5.69 Å². The molecule has 6 nitrogen and oxygen atoms in total. The Bertz CT molecular complexity index is 1270. The Morgan fingerprint density at radius 1 is 1.21 bits per heavy atom. The third kappa shape index (κ3) is 4.17. The number of aryl methyl sites for hydroxylation is 1. The minimum Gasteiger partial charge on any atom is -0.487 e. The average molecular weight is 409 g/mol. The number of carbonyl (C=O) groups excluding carboxylic acids is 1. The van der Waals surface area contributed by atoms with Gasteiger partial charge in [0.15, 0.2) is 4.96 Å². The van der Waals surface area contributed by atoms with Crippen LogP contribution in [0.25, 0.3) is 4.96 Å². The van der Waals surface area contributed by atoms with Crippen LogP contribution in [-0.4, -0.2) is 15.3 Å². The lowest BCUT2D eigenvalue weighted by atomic mass is 10.2. The molecule has 0 radical (unpaired) electrons. The van der Waals surface area contributed by atoms with E-state index < -0.39 is 11.7 Å². The van der Waals surface area contributed by atoms with Crippen LogP contribution >= 0.6 is 11.3 Å². The summed E-state index contributed by atoms with van der Waals surface area (Å²) < 4.78 is 20.6. The van der Waals surface area contributed by atoms with Gasteiger partial charge in [0.2, 0.25) is 0 Å². The van der Waals surface area contributed by atoms with Crippen LogP contribution in [-0.2, 0) is 6.61 Å². The summed E-state index contributed by atoms with van der Waals surface area (Å²) >= 11 is 1.39. The largest absolute Gasteiger partial charge is 0.487 e. The van der Waals surface area contributed by atoms with E-state index in [0.29, 0.717) is 22.1 Å². The van der Waals surface area contributed by atoms with Crippen molar-refractivity contribution >= 4 is 27.9 Å². The van der Waals surface area contributed by atoms with Gasteiger partial charge in [0, 0.05) is 34.5 Å². The van der Waals surface area contributed by atoms with Gasteiger partial charge in [-0.15, -0.1) is 11.3 Å². The van der Waals surface area contributed by atoms with Crippen molar-refractivity contribution in [3.8, 4) is 5.75 Å². The summed E-state index contributed by atoms with van der Waals surface area (Å²) in [6.45, 7) is 1.97. The second kappa shape index (κ2) is 7.84. The molecule has 0 atom stereocenters. The number of thiazole rings is 1. The molecule has 4 aromatic rings. The fraction of sp³-hybridized carbons (Fsp3) is 0.0952. The van der Waals surface area contributed by atoms with Crippen LogP contribution < -0.4 is 15.6 Å². The van der Waals surface area contributed by atoms with Crippen molar-refractivity contribution in [3.63, 3.8) is 0 Å². The van der Waals surface area contributed by atoms with Crippen LogP contribution in [0.2, 0.25) is 0 Å². The van der Waals surface area contributed by atoms with Crippen molar-refractivity contribution in [2.45, 2.75) is 13.5 Å². The van der Waals surface area contributed by atoms with Crippen LogP contribution in [0.1, 0.15) is 21.7 Å². The number of ether oxygens (including phenoxy) is 1. The number of carbonyl (C=O) groups is 1. The Hall–Kier alpha value is -3.52. The number of benzene rings is 2. The number of hydrogen-bond donors (Lipinski definition) is 1. The zero-order valence-electron chi connectivity index (χ0n) is 15.4. The van der Waals surface area contributed by atoms with Crippen molar-refractivity contribution in [1.82, 2.24) is 9.38 Å². The van der Waals surface area contributed by atoms with E-state index in [1.807, 2.05) is 12.3 Å². The number of aromatic nitrogens is 2. The normalized spacial score (nSPS) is 10.8. The van der Waals surface area contributed by atoms with Crippen LogP contribution in [0.5, 0.6) is 5.75 Å². The minimum absolute atomic E-state index is 0.115. The molecule has 2 heterocycles. The molecule has 0 bridgehead atoms. The number of anilines is 1. The molecule has 0 unspecified atom stereocenters. The first-order valence-corrected chi connectivity index (χ1v) is 9.64. The number of fused-ring (bicyclic) bond motifs is 1.